The largest absolute Gasteiger partial charge is 0.269 e. The molecule has 25 heavy (non-hydrogen) atoms. The molecule has 0 fully saturated rings. The van der Waals surface area contributed by atoms with Crippen LogP contribution >= 0.6 is 11.8 Å². The Hall–Kier alpha value is -2.07. The fourth-order valence-electron chi connectivity index (χ4n) is 2.71. The summed E-state index contributed by atoms with van der Waals surface area (Å²) in [4.78, 5) is 16.8. The van der Waals surface area contributed by atoms with Crippen LogP contribution in [0.2, 0.25) is 0 Å². The number of thioether (sulfide) groups is 1. The average Bonchev–Trinajstić information content (AvgIpc) is 2.55. The lowest BCUT2D eigenvalue weighted by Crippen LogP contribution is -2.15. The monoisotopic (exact) mass is 352 g/mol. The Bertz CT molecular complexity index is 937. The van der Waals surface area contributed by atoms with Crippen LogP contribution in [-0.4, -0.2) is 9.38 Å². The lowest BCUT2D eigenvalue weighted by atomic mass is 9.87. The molecule has 4 heteroatoms. The zero-order chi connectivity index (χ0) is 18.0. The summed E-state index contributed by atoms with van der Waals surface area (Å²) in [7, 11) is 0. The first-order chi connectivity index (χ1) is 11.8. The van der Waals surface area contributed by atoms with Gasteiger partial charge < -0.3 is 0 Å². The Morgan fingerprint density at radius 2 is 1.76 bits per heavy atom. The number of hydrogen-bond acceptors (Lipinski definition) is 3. The van der Waals surface area contributed by atoms with Crippen molar-refractivity contribution < 1.29 is 0 Å². The van der Waals surface area contributed by atoms with E-state index in [-0.39, 0.29) is 11.0 Å². The number of rotatable bonds is 4. The first-order valence-corrected chi connectivity index (χ1v) is 9.64. The van der Waals surface area contributed by atoms with E-state index < -0.39 is 0 Å². The van der Waals surface area contributed by atoms with Crippen molar-refractivity contribution in [1.29, 1.82) is 0 Å². The second-order valence-electron chi connectivity index (χ2n) is 7.46. The smallest absolute Gasteiger partial charge is 0.258 e. The topological polar surface area (TPSA) is 34.4 Å². The maximum Gasteiger partial charge on any atom is 0.258 e. The molecule has 0 atom stereocenters. The third-order valence-electron chi connectivity index (χ3n) is 4.20. The van der Waals surface area contributed by atoms with Crippen molar-refractivity contribution in [3.05, 3.63) is 81.4 Å². The van der Waals surface area contributed by atoms with Crippen molar-refractivity contribution in [2.75, 3.05) is 0 Å². The minimum atomic E-state index is -0.0150. The highest BCUT2D eigenvalue weighted by Gasteiger charge is 2.12. The predicted octanol–water partition coefficient (Wildman–Crippen LogP) is 4.73. The van der Waals surface area contributed by atoms with Gasteiger partial charge in [0.15, 0.2) is 0 Å². The molecule has 1 aromatic carbocycles. The summed E-state index contributed by atoms with van der Waals surface area (Å²) in [5.74, 6) is 1.65. The van der Waals surface area contributed by atoms with Crippen molar-refractivity contribution in [3.63, 3.8) is 0 Å². The molecule has 3 aromatic rings. The molecule has 0 radical (unpaired) electrons. The van der Waals surface area contributed by atoms with Crippen LogP contribution in [0.4, 0.5) is 0 Å². The highest BCUT2D eigenvalue weighted by Crippen LogP contribution is 2.24. The summed E-state index contributed by atoms with van der Waals surface area (Å²) in [6, 6.07) is 14.3. The number of hydrogen-bond donors (Lipinski definition) is 0. The zero-order valence-electron chi connectivity index (χ0n) is 15.2. The number of aryl methyl sites for hydroxylation is 1. The van der Waals surface area contributed by atoms with Crippen LogP contribution in [-0.2, 0) is 16.9 Å². The molecule has 3 nitrogen and oxygen atoms in total. The van der Waals surface area contributed by atoms with Crippen molar-refractivity contribution in [1.82, 2.24) is 9.38 Å². The quantitative estimate of drug-likeness (QED) is 0.680. The summed E-state index contributed by atoms with van der Waals surface area (Å²) in [5, 5.41) is 0. The van der Waals surface area contributed by atoms with E-state index in [4.69, 9.17) is 0 Å². The molecule has 0 unspecified atom stereocenters. The Morgan fingerprint density at radius 3 is 2.44 bits per heavy atom. The van der Waals surface area contributed by atoms with E-state index in [1.54, 1.807) is 22.2 Å². The number of pyridine rings is 1. The molecule has 2 aromatic heterocycles. The maximum absolute atomic E-state index is 12.2. The fraction of sp³-hybridized carbons (Fsp3) is 0.333. The molecule has 0 amide bonds. The second kappa shape index (κ2) is 7.04. The zero-order valence-corrected chi connectivity index (χ0v) is 16.1. The fourth-order valence-corrected chi connectivity index (χ4v) is 3.59. The number of benzene rings is 1. The molecule has 3 rings (SSSR count). The van der Waals surface area contributed by atoms with E-state index in [1.165, 1.54) is 11.1 Å². The van der Waals surface area contributed by atoms with Gasteiger partial charge in [-0.05, 0) is 35.1 Å². The lowest BCUT2D eigenvalue weighted by molar-refractivity contribution is 0.590. The molecule has 0 spiro atoms. The van der Waals surface area contributed by atoms with Crippen molar-refractivity contribution in [3.8, 4) is 0 Å². The van der Waals surface area contributed by atoms with Gasteiger partial charge in [0.2, 0.25) is 0 Å². The Labute approximate surface area is 153 Å². The van der Waals surface area contributed by atoms with E-state index in [0.29, 0.717) is 5.65 Å². The van der Waals surface area contributed by atoms with Crippen molar-refractivity contribution in [2.45, 2.75) is 44.6 Å². The van der Waals surface area contributed by atoms with Crippen LogP contribution in [0, 0.1) is 6.92 Å². The molecule has 0 aliphatic carbocycles. The van der Waals surface area contributed by atoms with Gasteiger partial charge in [-0.15, -0.1) is 0 Å². The molecule has 0 aliphatic rings. The highest BCUT2D eigenvalue weighted by atomic mass is 32.2. The third-order valence-corrected chi connectivity index (χ3v) is 5.24. The number of nitrogens with zero attached hydrogens (tertiary/aromatic N) is 2. The summed E-state index contributed by atoms with van der Waals surface area (Å²) in [6.07, 6.45) is 1.83. The Balaban J connectivity index is 1.67. The van der Waals surface area contributed by atoms with E-state index in [9.17, 15) is 4.79 Å². The minimum Gasteiger partial charge on any atom is -0.269 e. The summed E-state index contributed by atoms with van der Waals surface area (Å²) in [5.41, 5.74) is 5.41. The lowest BCUT2D eigenvalue weighted by Gasteiger charge is -2.19. The molecule has 0 saturated heterocycles. The first-order valence-electron chi connectivity index (χ1n) is 8.49. The SMILES string of the molecule is Cc1ccc2nc(CSCc3ccc(C(C)(C)C)cc3)cc(=O)n2c1. The summed E-state index contributed by atoms with van der Waals surface area (Å²) >= 11 is 1.78. The molecule has 0 bridgehead atoms. The van der Waals surface area contributed by atoms with E-state index in [0.717, 1.165) is 22.8 Å². The van der Waals surface area contributed by atoms with Gasteiger partial charge in [0.05, 0.1) is 5.69 Å². The molecule has 0 N–H and O–H groups in total. The molecule has 0 saturated carbocycles. The van der Waals surface area contributed by atoms with Gasteiger partial charge in [-0.25, -0.2) is 4.98 Å². The van der Waals surface area contributed by atoms with E-state index in [2.05, 4.69) is 50.0 Å². The molecule has 0 aliphatic heterocycles. The van der Waals surface area contributed by atoms with Gasteiger partial charge in [0.25, 0.3) is 5.56 Å². The van der Waals surface area contributed by atoms with Gasteiger partial charge in [-0.2, -0.15) is 11.8 Å². The van der Waals surface area contributed by atoms with Crippen LogP contribution in [0.5, 0.6) is 0 Å². The summed E-state index contributed by atoms with van der Waals surface area (Å²) < 4.78 is 1.61. The molecular weight excluding hydrogens is 328 g/mol. The molecule has 2 heterocycles. The van der Waals surface area contributed by atoms with Gasteiger partial charge in [0.1, 0.15) is 5.65 Å². The van der Waals surface area contributed by atoms with Crippen LogP contribution in [0.3, 0.4) is 0 Å². The number of fused-ring (bicyclic) bond motifs is 1. The normalized spacial score (nSPS) is 11.8. The minimum absolute atomic E-state index is 0.0150. The van der Waals surface area contributed by atoms with Crippen LogP contribution in [0.1, 0.15) is 43.2 Å². The molecular formula is C21H24N2OS. The average molecular weight is 353 g/mol. The summed E-state index contributed by atoms with van der Waals surface area (Å²) in [6.45, 7) is 8.65. The highest BCUT2D eigenvalue weighted by molar-refractivity contribution is 7.97. The van der Waals surface area contributed by atoms with E-state index in [1.807, 2.05) is 25.3 Å². The Kier molecular flexibility index (Phi) is 5.00. The standard InChI is InChI=1S/C21H24N2OS/c1-15-5-10-19-22-18(11-20(24)23(19)12-15)14-25-13-16-6-8-17(9-7-16)21(2,3)4/h5-12H,13-14H2,1-4H3. The molecule has 130 valence electrons. The van der Waals surface area contributed by atoms with Gasteiger partial charge in [-0.3, -0.25) is 9.20 Å². The Morgan fingerprint density at radius 1 is 1.04 bits per heavy atom. The predicted molar refractivity (Wildman–Crippen MR) is 106 cm³/mol. The number of aromatic nitrogens is 2. The van der Waals surface area contributed by atoms with Gasteiger partial charge >= 0.3 is 0 Å². The van der Waals surface area contributed by atoms with Crippen molar-refractivity contribution >= 4 is 17.4 Å². The van der Waals surface area contributed by atoms with Gasteiger partial charge in [0, 0.05) is 23.8 Å². The van der Waals surface area contributed by atoms with Crippen LogP contribution in [0.15, 0.2) is 53.5 Å². The van der Waals surface area contributed by atoms with E-state index >= 15 is 0 Å². The van der Waals surface area contributed by atoms with Crippen LogP contribution in [0.25, 0.3) is 5.65 Å². The second-order valence-corrected chi connectivity index (χ2v) is 8.45. The first kappa shape index (κ1) is 17.7. The third kappa shape index (κ3) is 4.31. The van der Waals surface area contributed by atoms with Crippen LogP contribution < -0.4 is 5.56 Å². The van der Waals surface area contributed by atoms with Crippen molar-refractivity contribution in [2.24, 2.45) is 0 Å². The van der Waals surface area contributed by atoms with Gasteiger partial charge in [-0.1, -0.05) is 51.1 Å². The maximum atomic E-state index is 12.2.